The number of aryl methyl sites for hydroxylation is 1. The molecule has 0 amide bonds. The van der Waals surface area contributed by atoms with Crippen molar-refractivity contribution in [2.45, 2.75) is 33.2 Å². The van der Waals surface area contributed by atoms with E-state index in [9.17, 15) is 0 Å². The number of halogens is 1. The number of ether oxygens (including phenoxy) is 1. The molecule has 4 heteroatoms. The lowest BCUT2D eigenvalue weighted by atomic mass is 10.0. The Bertz CT molecular complexity index is 739. The van der Waals surface area contributed by atoms with Gasteiger partial charge in [0.15, 0.2) is 0 Å². The minimum absolute atomic E-state index is 0.481. The first kappa shape index (κ1) is 20.2. The molecule has 0 radical (unpaired) electrons. The Hall–Kier alpha value is -1.55. The molecule has 1 aliphatic rings. The molecule has 0 aromatic heterocycles. The van der Waals surface area contributed by atoms with Crippen LogP contribution < -0.4 is 4.74 Å². The lowest BCUT2D eigenvalue weighted by Gasteiger charge is -2.34. The predicted molar refractivity (Wildman–Crippen MR) is 114 cm³/mol. The first-order valence-electron chi connectivity index (χ1n) is 9.94. The van der Waals surface area contributed by atoms with E-state index in [4.69, 9.17) is 16.3 Å². The van der Waals surface area contributed by atoms with Crippen LogP contribution in [0.25, 0.3) is 0 Å². The highest BCUT2D eigenvalue weighted by Crippen LogP contribution is 2.27. The highest BCUT2D eigenvalue weighted by Gasteiger charge is 2.18. The van der Waals surface area contributed by atoms with Crippen molar-refractivity contribution < 1.29 is 4.74 Å². The molecule has 0 N–H and O–H groups in total. The molecular formula is C23H31ClN2O. The van der Waals surface area contributed by atoms with E-state index in [0.717, 1.165) is 56.6 Å². The molecule has 1 heterocycles. The zero-order chi connectivity index (χ0) is 19.2. The first-order valence-corrected chi connectivity index (χ1v) is 10.3. The Balaban J connectivity index is 1.44. The average Bonchev–Trinajstić information content (AvgIpc) is 2.65. The predicted octanol–water partition coefficient (Wildman–Crippen LogP) is 4.97. The number of benzene rings is 2. The molecule has 27 heavy (non-hydrogen) atoms. The van der Waals surface area contributed by atoms with Crippen LogP contribution in [0.2, 0.25) is 5.02 Å². The van der Waals surface area contributed by atoms with Gasteiger partial charge in [-0.05, 0) is 41.7 Å². The molecule has 0 aliphatic carbocycles. The molecule has 1 fully saturated rings. The Kier molecular flexibility index (Phi) is 7.17. The van der Waals surface area contributed by atoms with Crippen molar-refractivity contribution in [1.29, 1.82) is 0 Å². The van der Waals surface area contributed by atoms with Crippen LogP contribution >= 0.6 is 11.6 Å². The van der Waals surface area contributed by atoms with E-state index in [0.29, 0.717) is 5.92 Å². The minimum atomic E-state index is 0.481. The third-order valence-electron chi connectivity index (χ3n) is 5.27. The maximum Gasteiger partial charge on any atom is 0.123 e. The fourth-order valence-corrected chi connectivity index (χ4v) is 3.76. The monoisotopic (exact) mass is 386 g/mol. The van der Waals surface area contributed by atoms with E-state index >= 15 is 0 Å². The number of nitrogens with zero attached hydrogens (tertiary/aromatic N) is 2. The zero-order valence-corrected chi connectivity index (χ0v) is 17.5. The fourth-order valence-electron chi connectivity index (χ4n) is 3.57. The molecule has 0 unspecified atom stereocenters. The lowest BCUT2D eigenvalue weighted by molar-refractivity contribution is 0.112. The zero-order valence-electron chi connectivity index (χ0n) is 16.7. The second kappa shape index (κ2) is 9.59. The molecule has 0 bridgehead atoms. The molecule has 3 nitrogen and oxygen atoms in total. The van der Waals surface area contributed by atoms with E-state index in [-0.39, 0.29) is 0 Å². The van der Waals surface area contributed by atoms with Crippen molar-refractivity contribution in [3.8, 4) is 5.75 Å². The van der Waals surface area contributed by atoms with Gasteiger partial charge in [0, 0.05) is 44.3 Å². The maximum atomic E-state index is 6.29. The largest absolute Gasteiger partial charge is 0.492 e. The lowest BCUT2D eigenvalue weighted by Crippen LogP contribution is -2.47. The molecule has 0 spiro atoms. The van der Waals surface area contributed by atoms with Gasteiger partial charge in [-0.2, -0.15) is 0 Å². The molecule has 1 saturated heterocycles. The van der Waals surface area contributed by atoms with Crippen molar-refractivity contribution in [1.82, 2.24) is 9.80 Å². The van der Waals surface area contributed by atoms with Crippen LogP contribution in [0.3, 0.4) is 0 Å². The van der Waals surface area contributed by atoms with Crippen LogP contribution in [0.15, 0.2) is 42.5 Å². The molecule has 2 aromatic carbocycles. The Morgan fingerprint density at radius 2 is 1.70 bits per heavy atom. The van der Waals surface area contributed by atoms with Crippen molar-refractivity contribution in [3.63, 3.8) is 0 Å². The molecule has 1 aliphatic heterocycles. The molecule has 2 aromatic rings. The summed E-state index contributed by atoms with van der Waals surface area (Å²) in [6, 6.07) is 14.7. The van der Waals surface area contributed by atoms with Gasteiger partial charge in [0.05, 0.1) is 0 Å². The number of hydrogen-bond donors (Lipinski definition) is 0. The SMILES string of the molecule is Cc1ccc(C(C)C)c(OCCN2CCN(Cc3ccccc3Cl)CC2)c1. The van der Waals surface area contributed by atoms with Gasteiger partial charge in [0.1, 0.15) is 12.4 Å². The quantitative estimate of drug-likeness (QED) is 0.668. The van der Waals surface area contributed by atoms with Crippen LogP contribution in [0, 0.1) is 6.92 Å². The van der Waals surface area contributed by atoms with E-state index in [1.807, 2.05) is 12.1 Å². The van der Waals surface area contributed by atoms with Gasteiger partial charge in [0.2, 0.25) is 0 Å². The van der Waals surface area contributed by atoms with Gasteiger partial charge in [-0.15, -0.1) is 0 Å². The molecule has 0 atom stereocenters. The maximum absolute atomic E-state index is 6.29. The third kappa shape index (κ3) is 5.71. The minimum Gasteiger partial charge on any atom is -0.492 e. The second-order valence-electron chi connectivity index (χ2n) is 7.75. The van der Waals surface area contributed by atoms with E-state index in [1.54, 1.807) is 0 Å². The normalized spacial score (nSPS) is 16.0. The van der Waals surface area contributed by atoms with Crippen LogP contribution in [-0.4, -0.2) is 49.1 Å². The Morgan fingerprint density at radius 1 is 1.00 bits per heavy atom. The average molecular weight is 387 g/mol. The van der Waals surface area contributed by atoms with Gasteiger partial charge in [-0.25, -0.2) is 0 Å². The molecule has 0 saturated carbocycles. The summed E-state index contributed by atoms with van der Waals surface area (Å²) in [6.07, 6.45) is 0. The summed E-state index contributed by atoms with van der Waals surface area (Å²) in [5.74, 6) is 1.52. The van der Waals surface area contributed by atoms with Gasteiger partial charge >= 0.3 is 0 Å². The fraction of sp³-hybridized carbons (Fsp3) is 0.478. The third-order valence-corrected chi connectivity index (χ3v) is 5.64. The second-order valence-corrected chi connectivity index (χ2v) is 8.16. The van der Waals surface area contributed by atoms with Gasteiger partial charge in [-0.3, -0.25) is 9.80 Å². The van der Waals surface area contributed by atoms with Gasteiger partial charge in [0.25, 0.3) is 0 Å². The highest BCUT2D eigenvalue weighted by atomic mass is 35.5. The van der Waals surface area contributed by atoms with Gasteiger partial charge in [-0.1, -0.05) is 55.8 Å². The van der Waals surface area contributed by atoms with E-state index < -0.39 is 0 Å². The summed E-state index contributed by atoms with van der Waals surface area (Å²) in [4.78, 5) is 4.98. The number of piperazine rings is 1. The summed E-state index contributed by atoms with van der Waals surface area (Å²) in [6.45, 7) is 13.5. The summed E-state index contributed by atoms with van der Waals surface area (Å²) in [5, 5.41) is 0.868. The topological polar surface area (TPSA) is 15.7 Å². The Labute approximate surface area is 168 Å². The molecule has 146 valence electrons. The van der Waals surface area contributed by atoms with Crippen molar-refractivity contribution in [2.24, 2.45) is 0 Å². The van der Waals surface area contributed by atoms with Crippen molar-refractivity contribution in [2.75, 3.05) is 39.3 Å². The highest BCUT2D eigenvalue weighted by molar-refractivity contribution is 6.31. The van der Waals surface area contributed by atoms with Crippen molar-refractivity contribution in [3.05, 3.63) is 64.2 Å². The number of hydrogen-bond acceptors (Lipinski definition) is 3. The van der Waals surface area contributed by atoms with Crippen LogP contribution in [0.5, 0.6) is 5.75 Å². The summed E-state index contributed by atoms with van der Waals surface area (Å²) in [5.41, 5.74) is 3.77. The Morgan fingerprint density at radius 3 is 2.41 bits per heavy atom. The van der Waals surface area contributed by atoms with E-state index in [2.05, 4.69) is 60.9 Å². The summed E-state index contributed by atoms with van der Waals surface area (Å²) < 4.78 is 6.15. The smallest absolute Gasteiger partial charge is 0.123 e. The van der Waals surface area contributed by atoms with Crippen LogP contribution in [0.1, 0.15) is 36.5 Å². The summed E-state index contributed by atoms with van der Waals surface area (Å²) >= 11 is 6.29. The molecular weight excluding hydrogens is 356 g/mol. The summed E-state index contributed by atoms with van der Waals surface area (Å²) in [7, 11) is 0. The number of rotatable bonds is 7. The van der Waals surface area contributed by atoms with Crippen molar-refractivity contribution >= 4 is 11.6 Å². The van der Waals surface area contributed by atoms with Gasteiger partial charge < -0.3 is 4.74 Å². The first-order chi connectivity index (χ1) is 13.0. The van der Waals surface area contributed by atoms with Crippen LogP contribution in [-0.2, 0) is 6.54 Å². The van der Waals surface area contributed by atoms with E-state index in [1.165, 1.54) is 16.7 Å². The molecule has 3 rings (SSSR count). The van der Waals surface area contributed by atoms with Crippen LogP contribution in [0.4, 0.5) is 0 Å². The standard InChI is InChI=1S/C23H31ClN2O/c1-18(2)21-9-8-19(3)16-23(21)27-15-14-25-10-12-26(13-11-25)17-20-6-4-5-7-22(20)24/h4-9,16,18H,10-15,17H2,1-3H3.